The van der Waals surface area contributed by atoms with Gasteiger partial charge in [-0.2, -0.15) is 0 Å². The molecule has 1 atom stereocenters. The molecule has 1 aromatic heterocycles. The monoisotopic (exact) mass is 335 g/mol. The number of piperazine rings is 1. The van der Waals surface area contributed by atoms with E-state index in [0.717, 1.165) is 38.2 Å². The first-order valence-electron chi connectivity index (χ1n) is 9.27. The van der Waals surface area contributed by atoms with E-state index in [1.807, 2.05) is 17.0 Å². The van der Waals surface area contributed by atoms with Gasteiger partial charge in [-0.05, 0) is 42.0 Å². The van der Waals surface area contributed by atoms with E-state index in [-0.39, 0.29) is 5.91 Å². The number of nitrogens with zero attached hydrogens (tertiary/aromatic N) is 3. The standard InChI is InChI=1S/C21H25N3O/c25-21(14-17-4-3-9-22-16-17)24-12-10-23(11-13-24)20-8-7-18-5-1-2-6-19(18)15-20/h1-6,9,16,20H,7-8,10-15H2/t20-/m1/s1. The molecule has 1 amide bonds. The third-order valence-corrected chi connectivity index (χ3v) is 5.58. The minimum atomic E-state index is 0.224. The number of rotatable bonds is 3. The van der Waals surface area contributed by atoms with Crippen LogP contribution in [0.3, 0.4) is 0 Å². The molecule has 1 aliphatic heterocycles. The molecule has 130 valence electrons. The van der Waals surface area contributed by atoms with Crippen molar-refractivity contribution < 1.29 is 4.79 Å². The number of amides is 1. The third kappa shape index (κ3) is 3.74. The average molecular weight is 335 g/mol. The normalized spacial score (nSPS) is 21.0. The van der Waals surface area contributed by atoms with Crippen LogP contribution in [-0.2, 0) is 24.1 Å². The third-order valence-electron chi connectivity index (χ3n) is 5.58. The molecule has 2 aromatic rings. The second-order valence-electron chi connectivity index (χ2n) is 7.12. The number of fused-ring (bicyclic) bond motifs is 1. The van der Waals surface area contributed by atoms with Gasteiger partial charge in [0, 0.05) is 44.6 Å². The molecule has 2 aliphatic rings. The van der Waals surface area contributed by atoms with Crippen LogP contribution >= 0.6 is 0 Å². The molecule has 0 saturated carbocycles. The van der Waals surface area contributed by atoms with E-state index in [4.69, 9.17) is 0 Å². The number of aromatic nitrogens is 1. The lowest BCUT2D eigenvalue weighted by Crippen LogP contribution is -2.53. The number of carbonyl (C=O) groups excluding carboxylic acids is 1. The van der Waals surface area contributed by atoms with Gasteiger partial charge in [-0.25, -0.2) is 0 Å². The molecule has 0 N–H and O–H groups in total. The van der Waals surface area contributed by atoms with Crippen LogP contribution in [0.15, 0.2) is 48.8 Å². The van der Waals surface area contributed by atoms with Gasteiger partial charge in [0.1, 0.15) is 0 Å². The molecule has 25 heavy (non-hydrogen) atoms. The van der Waals surface area contributed by atoms with Crippen molar-refractivity contribution >= 4 is 5.91 Å². The summed E-state index contributed by atoms with van der Waals surface area (Å²) in [7, 11) is 0. The highest BCUT2D eigenvalue weighted by Gasteiger charge is 2.28. The molecule has 0 bridgehead atoms. The zero-order valence-electron chi connectivity index (χ0n) is 14.6. The van der Waals surface area contributed by atoms with Gasteiger partial charge in [0.2, 0.25) is 5.91 Å². The average Bonchev–Trinajstić information content (AvgIpc) is 2.68. The van der Waals surface area contributed by atoms with E-state index in [1.54, 1.807) is 12.4 Å². The summed E-state index contributed by atoms with van der Waals surface area (Å²) in [4.78, 5) is 21.2. The fourth-order valence-electron chi connectivity index (χ4n) is 4.12. The summed E-state index contributed by atoms with van der Waals surface area (Å²) >= 11 is 0. The van der Waals surface area contributed by atoms with Crippen LogP contribution in [-0.4, -0.2) is 52.9 Å². The molecule has 0 spiro atoms. The fraction of sp³-hybridized carbons (Fsp3) is 0.429. The van der Waals surface area contributed by atoms with E-state index in [1.165, 1.54) is 24.0 Å². The molecule has 0 radical (unpaired) electrons. The minimum Gasteiger partial charge on any atom is -0.340 e. The van der Waals surface area contributed by atoms with E-state index in [9.17, 15) is 4.79 Å². The first kappa shape index (κ1) is 16.3. The Morgan fingerprint density at radius 3 is 2.60 bits per heavy atom. The summed E-state index contributed by atoms with van der Waals surface area (Å²) in [5.74, 6) is 0.224. The van der Waals surface area contributed by atoms with Gasteiger partial charge in [0.05, 0.1) is 6.42 Å². The lowest BCUT2D eigenvalue weighted by Gasteiger charge is -2.41. The summed E-state index contributed by atoms with van der Waals surface area (Å²) in [6, 6.07) is 13.3. The van der Waals surface area contributed by atoms with E-state index >= 15 is 0 Å². The highest BCUT2D eigenvalue weighted by molar-refractivity contribution is 5.78. The predicted molar refractivity (Wildman–Crippen MR) is 98.3 cm³/mol. The van der Waals surface area contributed by atoms with Crippen LogP contribution in [0.1, 0.15) is 23.1 Å². The number of hydrogen-bond acceptors (Lipinski definition) is 3. The Morgan fingerprint density at radius 1 is 1.04 bits per heavy atom. The first-order chi connectivity index (χ1) is 12.3. The maximum Gasteiger partial charge on any atom is 0.227 e. The largest absolute Gasteiger partial charge is 0.340 e. The van der Waals surface area contributed by atoms with Gasteiger partial charge >= 0.3 is 0 Å². The minimum absolute atomic E-state index is 0.224. The molecule has 4 heteroatoms. The van der Waals surface area contributed by atoms with Gasteiger partial charge in [-0.3, -0.25) is 14.7 Å². The number of pyridine rings is 1. The number of carbonyl (C=O) groups is 1. The van der Waals surface area contributed by atoms with Gasteiger partial charge in [-0.1, -0.05) is 30.3 Å². The van der Waals surface area contributed by atoms with Crippen LogP contribution in [0.5, 0.6) is 0 Å². The first-order valence-corrected chi connectivity index (χ1v) is 9.27. The SMILES string of the molecule is O=C(Cc1cccnc1)N1CCN([C@@H]2CCc3ccccc3C2)CC1. The Bertz CT molecular complexity index is 723. The Morgan fingerprint density at radius 2 is 1.84 bits per heavy atom. The lowest BCUT2D eigenvalue weighted by atomic mass is 9.87. The predicted octanol–water partition coefficient (Wildman–Crippen LogP) is 2.33. The molecule has 1 fully saturated rings. The highest BCUT2D eigenvalue weighted by Crippen LogP contribution is 2.25. The molecule has 4 nitrogen and oxygen atoms in total. The maximum atomic E-state index is 12.5. The van der Waals surface area contributed by atoms with Crippen molar-refractivity contribution in [1.29, 1.82) is 0 Å². The summed E-state index contributed by atoms with van der Waals surface area (Å²) in [5.41, 5.74) is 4.02. The fourth-order valence-corrected chi connectivity index (χ4v) is 4.12. The topological polar surface area (TPSA) is 36.4 Å². The van der Waals surface area contributed by atoms with Crippen LogP contribution in [0.2, 0.25) is 0 Å². The summed E-state index contributed by atoms with van der Waals surface area (Å²) in [6.45, 7) is 3.67. The molecular formula is C21H25N3O. The number of aryl methyl sites for hydroxylation is 1. The highest BCUT2D eigenvalue weighted by atomic mass is 16.2. The second kappa shape index (κ2) is 7.36. The van der Waals surface area contributed by atoms with Crippen LogP contribution in [0.4, 0.5) is 0 Å². The lowest BCUT2D eigenvalue weighted by molar-refractivity contribution is -0.132. The van der Waals surface area contributed by atoms with Crippen LogP contribution in [0, 0.1) is 0 Å². The zero-order valence-corrected chi connectivity index (χ0v) is 14.6. The quantitative estimate of drug-likeness (QED) is 0.864. The summed E-state index contributed by atoms with van der Waals surface area (Å²) < 4.78 is 0. The van der Waals surface area contributed by atoms with Crippen molar-refractivity contribution in [3.8, 4) is 0 Å². The molecule has 1 aliphatic carbocycles. The van der Waals surface area contributed by atoms with Gasteiger partial charge in [-0.15, -0.1) is 0 Å². The second-order valence-corrected chi connectivity index (χ2v) is 7.12. The Hall–Kier alpha value is -2.20. The number of benzene rings is 1. The van der Waals surface area contributed by atoms with Crippen LogP contribution < -0.4 is 0 Å². The maximum absolute atomic E-state index is 12.5. The summed E-state index contributed by atoms with van der Waals surface area (Å²) in [5, 5.41) is 0. The van der Waals surface area contributed by atoms with E-state index in [2.05, 4.69) is 34.1 Å². The van der Waals surface area contributed by atoms with Gasteiger partial charge in [0.25, 0.3) is 0 Å². The molecular weight excluding hydrogens is 310 g/mol. The van der Waals surface area contributed by atoms with Crippen molar-refractivity contribution in [1.82, 2.24) is 14.8 Å². The van der Waals surface area contributed by atoms with Crippen molar-refractivity contribution in [2.75, 3.05) is 26.2 Å². The molecule has 2 heterocycles. The molecule has 0 unspecified atom stereocenters. The van der Waals surface area contributed by atoms with E-state index in [0.29, 0.717) is 12.5 Å². The van der Waals surface area contributed by atoms with Crippen LogP contribution in [0.25, 0.3) is 0 Å². The van der Waals surface area contributed by atoms with Crippen molar-refractivity contribution in [3.63, 3.8) is 0 Å². The van der Waals surface area contributed by atoms with Crippen molar-refractivity contribution in [2.45, 2.75) is 31.7 Å². The number of hydrogen-bond donors (Lipinski definition) is 0. The van der Waals surface area contributed by atoms with Gasteiger partial charge < -0.3 is 4.90 Å². The molecule has 1 aromatic carbocycles. The Labute approximate surface area is 149 Å². The Balaban J connectivity index is 1.31. The molecule has 1 saturated heterocycles. The smallest absolute Gasteiger partial charge is 0.227 e. The van der Waals surface area contributed by atoms with E-state index < -0.39 is 0 Å². The zero-order chi connectivity index (χ0) is 17.1. The Kier molecular flexibility index (Phi) is 4.79. The van der Waals surface area contributed by atoms with Crippen molar-refractivity contribution in [2.24, 2.45) is 0 Å². The molecule has 4 rings (SSSR count). The van der Waals surface area contributed by atoms with Crippen molar-refractivity contribution in [3.05, 3.63) is 65.5 Å². The van der Waals surface area contributed by atoms with Gasteiger partial charge in [0.15, 0.2) is 0 Å². The summed E-state index contributed by atoms with van der Waals surface area (Å²) in [6.07, 6.45) is 7.56.